The SMILES string of the molecule is C[C@H](NC(=O)N(C)C[C@@H]1CCOC1)c1cc(F)c(Cl)cc1Cl. The summed E-state index contributed by atoms with van der Waals surface area (Å²) in [4.78, 5) is 13.8. The molecule has 2 atom stereocenters. The van der Waals surface area contributed by atoms with Gasteiger partial charge in [-0.1, -0.05) is 23.2 Å². The summed E-state index contributed by atoms with van der Waals surface area (Å²) in [6, 6.07) is 1.94. The number of rotatable bonds is 4. The van der Waals surface area contributed by atoms with Crippen LogP contribution in [0, 0.1) is 11.7 Å². The monoisotopic (exact) mass is 348 g/mol. The predicted octanol–water partition coefficient (Wildman–Crippen LogP) is 3.87. The standard InChI is InChI=1S/C15H19Cl2FN2O2/c1-9(11-5-14(18)13(17)6-12(11)16)19-15(21)20(2)7-10-3-4-22-8-10/h5-6,9-10H,3-4,7-8H2,1-2H3,(H,19,21)/t9-,10-/m0/s1. The number of carbonyl (C=O) groups excluding carboxylic acids is 1. The molecule has 1 aliphatic rings. The van der Waals surface area contributed by atoms with Gasteiger partial charge in [0.2, 0.25) is 0 Å². The van der Waals surface area contributed by atoms with Gasteiger partial charge in [0.05, 0.1) is 17.7 Å². The van der Waals surface area contributed by atoms with Crippen LogP contribution in [0.5, 0.6) is 0 Å². The molecule has 0 aliphatic carbocycles. The van der Waals surface area contributed by atoms with E-state index in [0.29, 0.717) is 29.7 Å². The summed E-state index contributed by atoms with van der Waals surface area (Å²) in [5, 5.41) is 3.10. The lowest BCUT2D eigenvalue weighted by Crippen LogP contribution is -2.41. The summed E-state index contributed by atoms with van der Waals surface area (Å²) in [5.74, 6) is -0.193. The molecule has 1 aromatic carbocycles. The van der Waals surface area contributed by atoms with Crippen molar-refractivity contribution >= 4 is 29.2 Å². The molecule has 1 heterocycles. The van der Waals surface area contributed by atoms with E-state index in [1.165, 1.54) is 12.1 Å². The molecular formula is C15H19Cl2FN2O2. The van der Waals surface area contributed by atoms with E-state index in [1.54, 1.807) is 18.9 Å². The smallest absolute Gasteiger partial charge is 0.317 e. The average molecular weight is 349 g/mol. The van der Waals surface area contributed by atoms with Crippen molar-refractivity contribution in [3.63, 3.8) is 0 Å². The van der Waals surface area contributed by atoms with Crippen LogP contribution in [-0.4, -0.2) is 37.7 Å². The summed E-state index contributed by atoms with van der Waals surface area (Å²) >= 11 is 11.7. The second kappa shape index (κ2) is 7.49. The van der Waals surface area contributed by atoms with Crippen LogP contribution in [0.4, 0.5) is 9.18 Å². The van der Waals surface area contributed by atoms with Crippen molar-refractivity contribution in [3.8, 4) is 0 Å². The highest BCUT2D eigenvalue weighted by Crippen LogP contribution is 2.28. The maximum atomic E-state index is 13.6. The third kappa shape index (κ3) is 4.24. The molecule has 1 aromatic rings. The number of benzene rings is 1. The molecular weight excluding hydrogens is 330 g/mol. The molecule has 1 saturated heterocycles. The molecule has 0 aromatic heterocycles. The van der Waals surface area contributed by atoms with Crippen LogP contribution in [0.1, 0.15) is 24.9 Å². The lowest BCUT2D eigenvalue weighted by Gasteiger charge is -2.24. The molecule has 1 N–H and O–H groups in total. The molecule has 2 rings (SSSR count). The van der Waals surface area contributed by atoms with Crippen molar-refractivity contribution in [2.45, 2.75) is 19.4 Å². The first kappa shape index (κ1) is 17.3. The van der Waals surface area contributed by atoms with Gasteiger partial charge in [-0.2, -0.15) is 0 Å². The third-order valence-corrected chi connectivity index (χ3v) is 4.37. The van der Waals surface area contributed by atoms with Crippen LogP contribution in [0.2, 0.25) is 10.0 Å². The molecule has 22 heavy (non-hydrogen) atoms. The van der Waals surface area contributed by atoms with Crippen molar-refractivity contribution < 1.29 is 13.9 Å². The van der Waals surface area contributed by atoms with Crippen molar-refractivity contribution in [2.75, 3.05) is 26.8 Å². The van der Waals surface area contributed by atoms with Gasteiger partial charge in [0, 0.05) is 31.1 Å². The number of nitrogens with zero attached hydrogens (tertiary/aromatic N) is 1. The van der Waals surface area contributed by atoms with Gasteiger partial charge in [-0.3, -0.25) is 0 Å². The van der Waals surface area contributed by atoms with E-state index in [4.69, 9.17) is 27.9 Å². The first-order chi connectivity index (χ1) is 10.4. The van der Waals surface area contributed by atoms with Gasteiger partial charge < -0.3 is 15.0 Å². The Morgan fingerprint density at radius 3 is 2.86 bits per heavy atom. The van der Waals surface area contributed by atoms with Crippen LogP contribution in [0.25, 0.3) is 0 Å². The topological polar surface area (TPSA) is 41.6 Å². The molecule has 122 valence electrons. The second-order valence-corrected chi connectivity index (χ2v) is 6.38. The Hall–Kier alpha value is -1.04. The van der Waals surface area contributed by atoms with Gasteiger partial charge in [-0.25, -0.2) is 9.18 Å². The molecule has 1 fully saturated rings. The van der Waals surface area contributed by atoms with Crippen LogP contribution in [-0.2, 0) is 4.74 Å². The van der Waals surface area contributed by atoms with Gasteiger partial charge in [-0.05, 0) is 31.0 Å². The highest BCUT2D eigenvalue weighted by atomic mass is 35.5. The van der Waals surface area contributed by atoms with E-state index in [0.717, 1.165) is 13.0 Å². The van der Waals surface area contributed by atoms with E-state index in [2.05, 4.69) is 5.32 Å². The van der Waals surface area contributed by atoms with E-state index >= 15 is 0 Å². The highest BCUT2D eigenvalue weighted by Gasteiger charge is 2.22. The van der Waals surface area contributed by atoms with Gasteiger partial charge in [0.25, 0.3) is 0 Å². The fraction of sp³-hybridized carbons (Fsp3) is 0.533. The van der Waals surface area contributed by atoms with Crippen molar-refractivity contribution in [2.24, 2.45) is 5.92 Å². The van der Waals surface area contributed by atoms with Crippen molar-refractivity contribution in [1.82, 2.24) is 10.2 Å². The number of ether oxygens (including phenoxy) is 1. The molecule has 0 unspecified atom stereocenters. The number of hydrogen-bond donors (Lipinski definition) is 1. The van der Waals surface area contributed by atoms with E-state index < -0.39 is 11.9 Å². The molecule has 1 aliphatic heterocycles. The summed E-state index contributed by atoms with van der Waals surface area (Å²) in [6.07, 6.45) is 0.960. The van der Waals surface area contributed by atoms with Crippen molar-refractivity contribution in [1.29, 1.82) is 0 Å². The molecule has 2 amide bonds. The Morgan fingerprint density at radius 1 is 1.50 bits per heavy atom. The zero-order valence-corrected chi connectivity index (χ0v) is 14.0. The molecule has 0 saturated carbocycles. The zero-order chi connectivity index (χ0) is 16.3. The van der Waals surface area contributed by atoms with Crippen LogP contribution < -0.4 is 5.32 Å². The van der Waals surface area contributed by atoms with Gasteiger partial charge in [0.15, 0.2) is 0 Å². The highest BCUT2D eigenvalue weighted by molar-refractivity contribution is 6.35. The number of urea groups is 1. The summed E-state index contributed by atoms with van der Waals surface area (Å²) < 4.78 is 18.9. The minimum Gasteiger partial charge on any atom is -0.381 e. The second-order valence-electron chi connectivity index (χ2n) is 5.57. The molecule has 4 nitrogen and oxygen atoms in total. The van der Waals surface area contributed by atoms with Crippen LogP contribution >= 0.6 is 23.2 Å². The minimum atomic E-state index is -0.557. The lowest BCUT2D eigenvalue weighted by molar-refractivity contribution is 0.170. The quantitative estimate of drug-likeness (QED) is 0.839. The Kier molecular flexibility index (Phi) is 5.89. The Labute approximate surface area is 139 Å². The first-order valence-electron chi connectivity index (χ1n) is 7.12. The fourth-order valence-corrected chi connectivity index (χ4v) is 2.99. The summed E-state index contributed by atoms with van der Waals surface area (Å²) in [7, 11) is 1.73. The third-order valence-electron chi connectivity index (χ3n) is 3.75. The number of nitrogens with one attached hydrogen (secondary N) is 1. The Bertz CT molecular complexity index is 551. The largest absolute Gasteiger partial charge is 0.381 e. The van der Waals surface area contributed by atoms with Crippen molar-refractivity contribution in [3.05, 3.63) is 33.6 Å². The maximum Gasteiger partial charge on any atom is 0.317 e. The zero-order valence-electron chi connectivity index (χ0n) is 12.5. The Morgan fingerprint density at radius 2 is 2.23 bits per heavy atom. The summed E-state index contributed by atoms with van der Waals surface area (Å²) in [5.41, 5.74) is 0.495. The predicted molar refractivity (Wildman–Crippen MR) is 84.9 cm³/mol. The Balaban J connectivity index is 1.97. The van der Waals surface area contributed by atoms with Gasteiger partial charge in [-0.15, -0.1) is 0 Å². The molecule has 7 heteroatoms. The molecule has 0 radical (unpaired) electrons. The normalized spacial score (nSPS) is 19.0. The van der Waals surface area contributed by atoms with Crippen LogP contribution in [0.3, 0.4) is 0 Å². The van der Waals surface area contributed by atoms with Crippen LogP contribution in [0.15, 0.2) is 12.1 Å². The minimum absolute atomic E-state index is 0.0365. The van der Waals surface area contributed by atoms with Gasteiger partial charge in [0.1, 0.15) is 5.82 Å². The molecule has 0 spiro atoms. The number of halogens is 3. The van der Waals surface area contributed by atoms with Gasteiger partial charge >= 0.3 is 6.03 Å². The average Bonchev–Trinajstić information content (AvgIpc) is 2.95. The van der Waals surface area contributed by atoms with E-state index in [9.17, 15) is 9.18 Å². The first-order valence-corrected chi connectivity index (χ1v) is 7.88. The van der Waals surface area contributed by atoms with E-state index in [-0.39, 0.29) is 11.1 Å². The number of carbonyl (C=O) groups is 1. The van der Waals surface area contributed by atoms with E-state index in [1.807, 2.05) is 0 Å². The maximum absolute atomic E-state index is 13.6. The number of amides is 2. The molecule has 0 bridgehead atoms. The lowest BCUT2D eigenvalue weighted by atomic mass is 10.1. The fourth-order valence-electron chi connectivity index (χ4n) is 2.44. The summed E-state index contributed by atoms with van der Waals surface area (Å²) in [6.45, 7) is 3.80. The number of hydrogen-bond acceptors (Lipinski definition) is 2.